The molecule has 1 N–H and O–H groups in total. The summed E-state index contributed by atoms with van der Waals surface area (Å²) in [5, 5.41) is 8.35. The van der Waals surface area contributed by atoms with Gasteiger partial charge in [-0.3, -0.25) is 19.1 Å². The van der Waals surface area contributed by atoms with E-state index in [1.54, 1.807) is 22.0 Å². The van der Waals surface area contributed by atoms with Gasteiger partial charge >= 0.3 is 0 Å². The number of Topliss-reactive ketones (excluding diaryl/α,β-unsaturated/α-hetero) is 1. The Balaban J connectivity index is 1.40. The zero-order valence-electron chi connectivity index (χ0n) is 22.8. The maximum atomic E-state index is 13.7. The van der Waals surface area contributed by atoms with Gasteiger partial charge in [0, 0.05) is 42.4 Å². The molecule has 0 bridgehead atoms. The van der Waals surface area contributed by atoms with Gasteiger partial charge in [-0.1, -0.05) is 32.8 Å². The average molecular weight is 517 g/mol. The molecular weight excluding hydrogens is 480 g/mol. The molecule has 1 aliphatic heterocycles. The van der Waals surface area contributed by atoms with Crippen molar-refractivity contribution in [2.75, 3.05) is 0 Å². The molecule has 2 amide bonds. The van der Waals surface area contributed by atoms with Gasteiger partial charge < -0.3 is 10.2 Å². The summed E-state index contributed by atoms with van der Waals surface area (Å²) in [5.41, 5.74) is 2.72. The van der Waals surface area contributed by atoms with Crippen LogP contribution in [0.4, 0.5) is 0 Å². The van der Waals surface area contributed by atoms with Crippen LogP contribution in [0.25, 0.3) is 22.0 Å². The number of hydrogen-bond donors (Lipinski definition) is 1. The van der Waals surface area contributed by atoms with Crippen LogP contribution >= 0.6 is 0 Å². The first-order chi connectivity index (χ1) is 18.1. The Hall–Kier alpha value is -3.62. The molecule has 1 unspecified atom stereocenters. The van der Waals surface area contributed by atoms with Crippen molar-refractivity contribution in [3.05, 3.63) is 42.1 Å². The molecule has 2 fully saturated rings. The first kappa shape index (κ1) is 26.0. The summed E-state index contributed by atoms with van der Waals surface area (Å²) >= 11 is 0. The summed E-state index contributed by atoms with van der Waals surface area (Å²) in [5.74, 6) is 0.289. The Morgan fingerprint density at radius 3 is 2.58 bits per heavy atom. The first-order valence-corrected chi connectivity index (χ1v) is 13.5. The number of aryl methyl sites for hydroxylation is 1. The van der Waals surface area contributed by atoms with E-state index < -0.39 is 6.04 Å². The van der Waals surface area contributed by atoms with E-state index in [0.717, 1.165) is 36.8 Å². The van der Waals surface area contributed by atoms with E-state index in [2.05, 4.69) is 34.2 Å². The summed E-state index contributed by atoms with van der Waals surface area (Å²) in [6.45, 7) is 9.58. The first-order valence-electron chi connectivity index (χ1n) is 13.5. The topological polar surface area (TPSA) is 110 Å². The van der Waals surface area contributed by atoms with Crippen molar-refractivity contribution in [2.45, 2.75) is 91.4 Å². The number of ketones is 1. The fourth-order valence-electron chi connectivity index (χ4n) is 5.77. The van der Waals surface area contributed by atoms with Crippen LogP contribution in [0.3, 0.4) is 0 Å². The SMILES string of the molecule is CCCCC(C)NC(=O)[C@@H]1C[C@@]2(C)C[C@H]2N1C(=O)Cn1nc(C(C)=O)c2cc(-c3cnc(C)nc3)ccc21. The molecule has 0 spiro atoms. The van der Waals surface area contributed by atoms with Gasteiger partial charge in [0.15, 0.2) is 5.78 Å². The molecule has 1 aliphatic carbocycles. The van der Waals surface area contributed by atoms with Crippen molar-refractivity contribution in [1.82, 2.24) is 30.0 Å². The minimum Gasteiger partial charge on any atom is -0.352 e. The van der Waals surface area contributed by atoms with Crippen LogP contribution in [-0.2, 0) is 16.1 Å². The Kier molecular flexibility index (Phi) is 6.79. The van der Waals surface area contributed by atoms with E-state index in [1.807, 2.05) is 32.0 Å². The van der Waals surface area contributed by atoms with Gasteiger partial charge in [-0.05, 0) is 56.2 Å². The highest BCUT2D eigenvalue weighted by Gasteiger charge is 2.64. The third-order valence-corrected chi connectivity index (χ3v) is 8.09. The van der Waals surface area contributed by atoms with Crippen molar-refractivity contribution in [1.29, 1.82) is 0 Å². The molecule has 2 aromatic heterocycles. The molecule has 2 aliphatic rings. The number of nitrogens with zero attached hydrogens (tertiary/aromatic N) is 5. The van der Waals surface area contributed by atoms with Crippen LogP contribution in [0.15, 0.2) is 30.6 Å². The summed E-state index contributed by atoms with van der Waals surface area (Å²) in [4.78, 5) is 49.7. The quantitative estimate of drug-likeness (QED) is 0.429. The number of likely N-dealkylation sites (tertiary alicyclic amines) is 1. The third kappa shape index (κ3) is 4.81. The fourth-order valence-corrected chi connectivity index (χ4v) is 5.77. The lowest BCUT2D eigenvalue weighted by atomic mass is 10.0. The van der Waals surface area contributed by atoms with Gasteiger partial charge in [-0.15, -0.1) is 0 Å². The molecule has 1 aromatic carbocycles. The number of piperidine rings is 1. The van der Waals surface area contributed by atoms with Crippen molar-refractivity contribution in [2.24, 2.45) is 5.41 Å². The Morgan fingerprint density at radius 1 is 1.16 bits per heavy atom. The molecule has 0 radical (unpaired) electrons. The second kappa shape index (κ2) is 9.93. The molecule has 5 rings (SSSR count). The van der Waals surface area contributed by atoms with Gasteiger partial charge in [0.2, 0.25) is 11.8 Å². The summed E-state index contributed by atoms with van der Waals surface area (Å²) in [6.07, 6.45) is 8.14. The number of amides is 2. The lowest BCUT2D eigenvalue weighted by Gasteiger charge is -2.28. The number of fused-ring (bicyclic) bond motifs is 2. The molecule has 9 heteroatoms. The van der Waals surface area contributed by atoms with E-state index in [9.17, 15) is 14.4 Å². The average Bonchev–Trinajstić information content (AvgIpc) is 3.25. The fraction of sp³-hybridized carbons (Fsp3) is 0.517. The Morgan fingerprint density at radius 2 is 1.89 bits per heavy atom. The molecule has 200 valence electrons. The van der Waals surface area contributed by atoms with Crippen LogP contribution in [0, 0.1) is 12.3 Å². The number of rotatable bonds is 9. The van der Waals surface area contributed by atoms with Crippen LogP contribution < -0.4 is 5.32 Å². The van der Waals surface area contributed by atoms with Crippen molar-refractivity contribution < 1.29 is 14.4 Å². The molecule has 38 heavy (non-hydrogen) atoms. The van der Waals surface area contributed by atoms with E-state index in [4.69, 9.17) is 0 Å². The van der Waals surface area contributed by atoms with Crippen molar-refractivity contribution in [3.8, 4) is 11.1 Å². The summed E-state index contributed by atoms with van der Waals surface area (Å²) in [6, 6.07) is 5.37. The maximum absolute atomic E-state index is 13.7. The van der Waals surface area contributed by atoms with E-state index in [-0.39, 0.29) is 41.6 Å². The lowest BCUT2D eigenvalue weighted by molar-refractivity contribution is -0.140. The van der Waals surface area contributed by atoms with Crippen molar-refractivity contribution in [3.63, 3.8) is 0 Å². The number of unbranched alkanes of at least 4 members (excludes halogenated alkanes) is 1. The van der Waals surface area contributed by atoms with E-state index in [1.165, 1.54) is 6.92 Å². The molecule has 1 saturated carbocycles. The smallest absolute Gasteiger partial charge is 0.245 e. The van der Waals surface area contributed by atoms with Crippen LogP contribution in [0.2, 0.25) is 0 Å². The third-order valence-electron chi connectivity index (χ3n) is 8.09. The summed E-state index contributed by atoms with van der Waals surface area (Å²) in [7, 11) is 0. The molecular formula is C29H36N6O3. The highest BCUT2D eigenvalue weighted by molar-refractivity contribution is 6.06. The summed E-state index contributed by atoms with van der Waals surface area (Å²) < 4.78 is 1.60. The highest BCUT2D eigenvalue weighted by Crippen LogP contribution is 2.59. The highest BCUT2D eigenvalue weighted by atomic mass is 16.2. The van der Waals surface area contributed by atoms with E-state index in [0.29, 0.717) is 28.8 Å². The monoisotopic (exact) mass is 516 g/mol. The molecule has 4 atom stereocenters. The molecule has 9 nitrogen and oxygen atoms in total. The zero-order chi connectivity index (χ0) is 27.2. The van der Waals surface area contributed by atoms with Crippen LogP contribution in [0.5, 0.6) is 0 Å². The number of carbonyl (C=O) groups excluding carboxylic acids is 3. The van der Waals surface area contributed by atoms with Gasteiger partial charge in [-0.2, -0.15) is 5.10 Å². The molecule has 1 saturated heterocycles. The van der Waals surface area contributed by atoms with Gasteiger partial charge in [-0.25, -0.2) is 9.97 Å². The minimum atomic E-state index is -0.474. The second-order valence-electron chi connectivity index (χ2n) is 11.3. The molecule has 3 aromatic rings. The van der Waals surface area contributed by atoms with E-state index >= 15 is 0 Å². The predicted octanol–water partition coefficient (Wildman–Crippen LogP) is 4.08. The van der Waals surface area contributed by atoms with Gasteiger partial charge in [0.25, 0.3) is 0 Å². The van der Waals surface area contributed by atoms with Gasteiger partial charge in [0.05, 0.1) is 5.52 Å². The predicted molar refractivity (Wildman–Crippen MR) is 144 cm³/mol. The zero-order valence-corrected chi connectivity index (χ0v) is 22.8. The number of aromatic nitrogens is 4. The van der Waals surface area contributed by atoms with Crippen LogP contribution in [-0.4, -0.2) is 60.4 Å². The second-order valence-corrected chi connectivity index (χ2v) is 11.3. The normalized spacial score (nSPS) is 22.8. The Bertz CT molecular complexity index is 1400. The number of nitrogens with one attached hydrogen (secondary N) is 1. The minimum absolute atomic E-state index is 0.00787. The molecule has 3 heterocycles. The van der Waals surface area contributed by atoms with Gasteiger partial charge in [0.1, 0.15) is 24.1 Å². The van der Waals surface area contributed by atoms with Crippen LogP contribution in [0.1, 0.15) is 76.1 Å². The number of hydrogen-bond acceptors (Lipinski definition) is 6. The largest absolute Gasteiger partial charge is 0.352 e. The lowest BCUT2D eigenvalue weighted by Crippen LogP contribution is -2.50. The maximum Gasteiger partial charge on any atom is 0.245 e. The Labute approximate surface area is 223 Å². The number of benzene rings is 1. The standard InChI is InChI=1S/C29H36N6O3/c1-6-7-8-17(2)32-28(38)24-12-29(5)13-25(29)35(24)26(37)16-34-23-10-9-20(21-14-30-19(4)31-15-21)11-22(23)27(33-34)18(3)36/h9-11,14-15,17,24-25H,6-8,12-13,16H2,1-5H3,(H,32,38)/t17?,24-,25+,29-/m0/s1. The number of carbonyl (C=O) groups is 3. The van der Waals surface area contributed by atoms with Crippen molar-refractivity contribution >= 4 is 28.5 Å².